The highest BCUT2D eigenvalue weighted by molar-refractivity contribution is 14.1. The zero-order chi connectivity index (χ0) is 18.2. The molecule has 0 bridgehead atoms. The second-order valence-corrected chi connectivity index (χ2v) is 6.92. The lowest BCUT2D eigenvalue weighted by atomic mass is 10.1. The second-order valence-electron chi connectivity index (χ2n) is 5.68. The molecule has 1 unspecified atom stereocenters. The van der Waals surface area contributed by atoms with Gasteiger partial charge < -0.3 is 5.32 Å². The first-order valence-corrected chi connectivity index (χ1v) is 8.97. The van der Waals surface area contributed by atoms with Crippen molar-refractivity contribution in [2.75, 3.05) is 0 Å². The Morgan fingerprint density at radius 1 is 1.12 bits per heavy atom. The quantitative estimate of drug-likeness (QED) is 0.402. The molecule has 2 N–H and O–H groups in total. The van der Waals surface area contributed by atoms with Crippen LogP contribution in [0.25, 0.3) is 0 Å². The van der Waals surface area contributed by atoms with Gasteiger partial charge in [0, 0.05) is 14.8 Å². The van der Waals surface area contributed by atoms with Crippen LogP contribution in [-0.2, 0) is 4.79 Å². The SMILES string of the molecule is CC(CC(=O)NC(C)c1ccccc1)=NNC(=O)c1cccc(I)c1. The molecule has 0 fully saturated rings. The van der Waals surface area contributed by atoms with Crippen LogP contribution < -0.4 is 10.7 Å². The molecule has 130 valence electrons. The molecule has 6 heteroatoms. The first kappa shape index (κ1) is 19.1. The number of amides is 2. The number of hydrazone groups is 1. The number of hydrogen-bond donors (Lipinski definition) is 2. The van der Waals surface area contributed by atoms with E-state index in [2.05, 4.69) is 38.4 Å². The molecule has 0 saturated heterocycles. The third kappa shape index (κ3) is 6.30. The molecule has 0 radical (unpaired) electrons. The number of carbonyl (C=O) groups is 2. The molecule has 25 heavy (non-hydrogen) atoms. The van der Waals surface area contributed by atoms with Crippen LogP contribution in [0, 0.1) is 3.57 Å². The third-order valence-corrected chi connectivity index (χ3v) is 4.20. The fourth-order valence-electron chi connectivity index (χ4n) is 2.23. The molecule has 0 aliphatic rings. The molecule has 2 aromatic rings. The van der Waals surface area contributed by atoms with Crippen LogP contribution in [0.1, 0.15) is 42.2 Å². The molecule has 1 atom stereocenters. The normalized spacial score (nSPS) is 12.4. The Labute approximate surface area is 161 Å². The van der Waals surface area contributed by atoms with Gasteiger partial charge >= 0.3 is 0 Å². The summed E-state index contributed by atoms with van der Waals surface area (Å²) in [6.45, 7) is 3.64. The van der Waals surface area contributed by atoms with Gasteiger partial charge in [-0.25, -0.2) is 5.43 Å². The summed E-state index contributed by atoms with van der Waals surface area (Å²) in [5.74, 6) is -0.433. The Bertz CT molecular complexity index is 775. The molecule has 5 nitrogen and oxygen atoms in total. The Morgan fingerprint density at radius 3 is 2.52 bits per heavy atom. The van der Waals surface area contributed by atoms with Crippen molar-refractivity contribution in [3.63, 3.8) is 0 Å². The maximum absolute atomic E-state index is 12.1. The van der Waals surface area contributed by atoms with Gasteiger partial charge in [-0.1, -0.05) is 36.4 Å². The van der Waals surface area contributed by atoms with Gasteiger partial charge in [-0.05, 0) is 60.2 Å². The standard InChI is InChI=1S/C19H20IN3O2/c1-13(22-23-19(25)16-9-6-10-17(20)12-16)11-18(24)21-14(2)15-7-4-3-5-8-15/h3-10,12,14H,11H2,1-2H3,(H,21,24)(H,23,25). The van der Waals surface area contributed by atoms with Gasteiger partial charge in [-0.15, -0.1) is 0 Å². The average Bonchev–Trinajstić information content (AvgIpc) is 2.60. The minimum Gasteiger partial charge on any atom is -0.349 e. The predicted molar refractivity (Wildman–Crippen MR) is 107 cm³/mol. The first-order chi connectivity index (χ1) is 12.0. The topological polar surface area (TPSA) is 70.6 Å². The molecule has 0 spiro atoms. The Kier molecular flexibility index (Phi) is 7.12. The lowest BCUT2D eigenvalue weighted by Gasteiger charge is -2.14. The number of rotatable bonds is 6. The van der Waals surface area contributed by atoms with Gasteiger partial charge in [0.15, 0.2) is 0 Å². The van der Waals surface area contributed by atoms with Gasteiger partial charge in [0.25, 0.3) is 5.91 Å². The van der Waals surface area contributed by atoms with Gasteiger partial charge in [0.1, 0.15) is 0 Å². The molecular formula is C19H20IN3O2. The number of carbonyl (C=O) groups excluding carboxylic acids is 2. The number of benzene rings is 2. The van der Waals surface area contributed by atoms with Crippen LogP contribution in [-0.4, -0.2) is 17.5 Å². The summed E-state index contributed by atoms with van der Waals surface area (Å²) in [5, 5.41) is 6.92. The number of nitrogens with zero attached hydrogens (tertiary/aromatic N) is 1. The minimum absolute atomic E-state index is 0.0810. The number of nitrogens with one attached hydrogen (secondary N) is 2. The summed E-state index contributed by atoms with van der Waals surface area (Å²) in [4.78, 5) is 24.1. The second kappa shape index (κ2) is 9.31. The maximum Gasteiger partial charge on any atom is 0.271 e. The zero-order valence-electron chi connectivity index (χ0n) is 14.1. The van der Waals surface area contributed by atoms with E-state index in [4.69, 9.17) is 0 Å². The summed E-state index contributed by atoms with van der Waals surface area (Å²) in [7, 11) is 0. The van der Waals surface area contributed by atoms with Crippen molar-refractivity contribution in [2.24, 2.45) is 5.10 Å². The largest absolute Gasteiger partial charge is 0.349 e. The first-order valence-electron chi connectivity index (χ1n) is 7.89. The Hall–Kier alpha value is -2.22. The minimum atomic E-state index is -0.295. The molecular weight excluding hydrogens is 429 g/mol. The van der Waals surface area contributed by atoms with Gasteiger partial charge in [-0.2, -0.15) is 5.10 Å². The lowest BCUT2D eigenvalue weighted by Crippen LogP contribution is -2.28. The summed E-state index contributed by atoms with van der Waals surface area (Å²) in [5.41, 5.74) is 4.59. The molecule has 2 aromatic carbocycles. The molecule has 0 aromatic heterocycles. The Morgan fingerprint density at radius 2 is 1.84 bits per heavy atom. The van der Waals surface area contributed by atoms with E-state index in [1.165, 1.54) is 0 Å². The fourth-order valence-corrected chi connectivity index (χ4v) is 2.77. The lowest BCUT2D eigenvalue weighted by molar-refractivity contribution is -0.120. The van der Waals surface area contributed by atoms with Crippen LogP contribution >= 0.6 is 22.6 Å². The smallest absolute Gasteiger partial charge is 0.271 e. The van der Waals surface area contributed by atoms with E-state index in [0.717, 1.165) is 9.13 Å². The molecule has 2 amide bonds. The van der Waals surface area contributed by atoms with E-state index in [-0.39, 0.29) is 24.3 Å². The van der Waals surface area contributed by atoms with Gasteiger partial charge in [-0.3, -0.25) is 9.59 Å². The van der Waals surface area contributed by atoms with Crippen molar-refractivity contribution in [3.05, 3.63) is 69.3 Å². The van der Waals surface area contributed by atoms with Crippen molar-refractivity contribution in [1.29, 1.82) is 0 Å². The Balaban J connectivity index is 1.86. The maximum atomic E-state index is 12.1. The number of hydrogen-bond acceptors (Lipinski definition) is 3. The zero-order valence-corrected chi connectivity index (χ0v) is 16.3. The average molecular weight is 449 g/mol. The molecule has 0 heterocycles. The van der Waals surface area contributed by atoms with Crippen molar-refractivity contribution >= 4 is 40.1 Å². The fraction of sp³-hybridized carbons (Fsp3) is 0.211. The van der Waals surface area contributed by atoms with Crippen molar-refractivity contribution in [3.8, 4) is 0 Å². The molecule has 2 rings (SSSR count). The van der Waals surface area contributed by atoms with E-state index < -0.39 is 0 Å². The van der Waals surface area contributed by atoms with Gasteiger partial charge in [0.2, 0.25) is 5.91 Å². The van der Waals surface area contributed by atoms with Gasteiger partial charge in [0.05, 0.1) is 12.5 Å². The highest BCUT2D eigenvalue weighted by Gasteiger charge is 2.11. The molecule has 0 aliphatic carbocycles. The summed E-state index contributed by atoms with van der Waals surface area (Å²) >= 11 is 2.14. The van der Waals surface area contributed by atoms with E-state index >= 15 is 0 Å². The van der Waals surface area contributed by atoms with Crippen LogP contribution in [0.2, 0.25) is 0 Å². The van der Waals surface area contributed by atoms with Crippen LogP contribution in [0.5, 0.6) is 0 Å². The van der Waals surface area contributed by atoms with Crippen molar-refractivity contribution in [1.82, 2.24) is 10.7 Å². The highest BCUT2D eigenvalue weighted by atomic mass is 127. The summed E-state index contributed by atoms with van der Waals surface area (Å²) < 4.78 is 0.972. The van der Waals surface area contributed by atoms with E-state index in [0.29, 0.717) is 11.3 Å². The van der Waals surface area contributed by atoms with E-state index in [9.17, 15) is 9.59 Å². The van der Waals surface area contributed by atoms with Crippen molar-refractivity contribution in [2.45, 2.75) is 26.3 Å². The highest BCUT2D eigenvalue weighted by Crippen LogP contribution is 2.11. The molecule has 0 saturated carbocycles. The third-order valence-electron chi connectivity index (χ3n) is 3.53. The van der Waals surface area contributed by atoms with Crippen molar-refractivity contribution < 1.29 is 9.59 Å². The predicted octanol–water partition coefficient (Wildman–Crippen LogP) is 3.66. The van der Waals surface area contributed by atoms with E-state index in [1.807, 2.05) is 49.4 Å². The summed E-state index contributed by atoms with van der Waals surface area (Å²) in [6.07, 6.45) is 0.129. The monoisotopic (exact) mass is 449 g/mol. The molecule has 0 aliphatic heterocycles. The van der Waals surface area contributed by atoms with Crippen LogP contribution in [0.4, 0.5) is 0 Å². The van der Waals surface area contributed by atoms with Crippen LogP contribution in [0.15, 0.2) is 59.7 Å². The van der Waals surface area contributed by atoms with E-state index in [1.54, 1.807) is 19.1 Å². The van der Waals surface area contributed by atoms with Crippen LogP contribution in [0.3, 0.4) is 0 Å². The summed E-state index contributed by atoms with van der Waals surface area (Å²) in [6, 6.07) is 16.9. The number of halogens is 1.